The molecule has 3 heteroatoms. The Morgan fingerprint density at radius 3 is 1.54 bits per heavy atom. The van der Waals surface area contributed by atoms with Gasteiger partial charge in [0.1, 0.15) is 0 Å². The van der Waals surface area contributed by atoms with Crippen molar-refractivity contribution in [2.75, 3.05) is 0 Å². The van der Waals surface area contributed by atoms with Gasteiger partial charge in [0.05, 0.1) is 45.5 Å². The molecule has 10 aromatic rings. The number of nitrogens with zero attached hydrogens (tertiary/aromatic N) is 3. The van der Waals surface area contributed by atoms with Crippen LogP contribution in [0.3, 0.4) is 0 Å². The Labute approximate surface area is 396 Å². The van der Waals surface area contributed by atoms with E-state index in [4.69, 9.17) is 9.97 Å². The van der Waals surface area contributed by atoms with Crippen LogP contribution in [0.4, 0.5) is 0 Å². The van der Waals surface area contributed by atoms with E-state index in [0.29, 0.717) is 23.7 Å². The molecule has 4 unspecified atom stereocenters. The third-order valence-corrected chi connectivity index (χ3v) is 21.2. The standard InChI is InChI=1S/C65H51N3/c1-5-13-50-42(9-1)43-10-2-6-14-51(43)64(50)32-65(52-15-7-3-11-44(52)45-12-4-8-16-53(45)65)63-60(64)57-49-28-39-27-46-37-19-33-17-34(20-37)22-38(21-33)47(46)29-48(39)58-59-55(68(62(49)58)54(57)31-67-63)30-66-61-41-25-35-18-36(26-41)24-40(23-35)56(59)61/h1-16,27-31,33-38,40-41H,17-26,32H2. The second-order valence-corrected chi connectivity index (χ2v) is 24.0. The first-order valence-corrected chi connectivity index (χ1v) is 26.5. The molecule has 4 heterocycles. The number of fused-ring (bicyclic) bond motifs is 22. The molecule has 0 radical (unpaired) electrons. The summed E-state index contributed by atoms with van der Waals surface area (Å²) in [5.74, 6) is 6.06. The smallest absolute Gasteiger partial charge is 0.0729 e. The van der Waals surface area contributed by atoms with E-state index in [1.807, 2.05) is 0 Å². The lowest BCUT2D eigenvalue weighted by Gasteiger charge is -2.38. The molecule has 11 aliphatic rings. The Bertz CT molecular complexity index is 3880. The van der Waals surface area contributed by atoms with E-state index in [2.05, 4.69) is 132 Å². The van der Waals surface area contributed by atoms with Gasteiger partial charge in [0, 0.05) is 38.7 Å². The van der Waals surface area contributed by atoms with Crippen molar-refractivity contribution in [2.24, 2.45) is 23.7 Å². The van der Waals surface area contributed by atoms with Gasteiger partial charge in [0.15, 0.2) is 0 Å². The number of hydrogen-bond acceptors (Lipinski definition) is 2. The molecule has 4 atom stereocenters. The first kappa shape index (κ1) is 35.8. The minimum Gasteiger partial charge on any atom is -0.305 e. The van der Waals surface area contributed by atoms with Crippen molar-refractivity contribution in [1.82, 2.24) is 14.4 Å². The molecule has 0 aliphatic heterocycles. The molecule has 68 heavy (non-hydrogen) atoms. The van der Waals surface area contributed by atoms with Crippen molar-refractivity contribution in [3.63, 3.8) is 0 Å². The van der Waals surface area contributed by atoms with Gasteiger partial charge in [-0.3, -0.25) is 9.97 Å². The topological polar surface area (TPSA) is 30.2 Å². The summed E-state index contributed by atoms with van der Waals surface area (Å²) in [6.45, 7) is 0. The van der Waals surface area contributed by atoms with Crippen LogP contribution in [0.5, 0.6) is 0 Å². The van der Waals surface area contributed by atoms with Crippen LogP contribution in [0.1, 0.15) is 150 Å². The second-order valence-electron chi connectivity index (χ2n) is 24.0. The van der Waals surface area contributed by atoms with Crippen molar-refractivity contribution < 1.29 is 0 Å². The van der Waals surface area contributed by atoms with Crippen LogP contribution in [-0.4, -0.2) is 14.4 Å². The van der Waals surface area contributed by atoms with Crippen LogP contribution < -0.4 is 0 Å². The van der Waals surface area contributed by atoms with E-state index in [0.717, 1.165) is 30.1 Å². The fourth-order valence-electron chi connectivity index (χ4n) is 19.4. The third-order valence-electron chi connectivity index (χ3n) is 21.2. The van der Waals surface area contributed by atoms with E-state index >= 15 is 0 Å². The summed E-state index contributed by atoms with van der Waals surface area (Å²) in [6.07, 6.45) is 19.4. The van der Waals surface area contributed by atoms with Gasteiger partial charge < -0.3 is 4.40 Å². The lowest BCUT2D eigenvalue weighted by Crippen LogP contribution is -2.30. The molecule has 326 valence electrons. The normalized spacial score (nSPS) is 28.5. The van der Waals surface area contributed by atoms with Crippen LogP contribution >= 0.6 is 0 Å². The zero-order chi connectivity index (χ0) is 43.5. The second kappa shape index (κ2) is 11.7. The van der Waals surface area contributed by atoms with Crippen LogP contribution in [-0.2, 0) is 10.8 Å². The third kappa shape index (κ3) is 3.90. The Morgan fingerprint density at radius 2 is 0.941 bits per heavy atom. The Balaban J connectivity index is 1.03. The molecule has 11 aliphatic carbocycles. The summed E-state index contributed by atoms with van der Waals surface area (Å²) in [5.41, 5.74) is 23.5. The van der Waals surface area contributed by atoms with Crippen LogP contribution in [0.15, 0.2) is 128 Å². The van der Waals surface area contributed by atoms with Gasteiger partial charge in [0.25, 0.3) is 0 Å². The molecular formula is C65H51N3. The van der Waals surface area contributed by atoms with Gasteiger partial charge >= 0.3 is 0 Å². The number of aromatic nitrogens is 3. The number of pyridine rings is 2. The van der Waals surface area contributed by atoms with Crippen molar-refractivity contribution >= 4 is 48.9 Å². The highest BCUT2D eigenvalue weighted by molar-refractivity contribution is 6.32. The molecule has 4 fully saturated rings. The predicted molar refractivity (Wildman–Crippen MR) is 273 cm³/mol. The summed E-state index contributed by atoms with van der Waals surface area (Å²) >= 11 is 0. The maximum Gasteiger partial charge on any atom is 0.0729 e. The minimum atomic E-state index is -0.426. The average Bonchev–Trinajstić information content (AvgIpc) is 4.08. The average molecular weight is 874 g/mol. The molecule has 4 saturated carbocycles. The number of rotatable bonds is 0. The van der Waals surface area contributed by atoms with E-state index < -0.39 is 10.8 Å². The van der Waals surface area contributed by atoms with Gasteiger partial charge in [0.2, 0.25) is 0 Å². The van der Waals surface area contributed by atoms with Crippen molar-refractivity contribution in [3.8, 4) is 22.3 Å². The van der Waals surface area contributed by atoms with E-state index in [1.54, 1.807) is 22.1 Å². The highest BCUT2D eigenvalue weighted by Crippen LogP contribution is 2.71. The molecule has 8 bridgehead atoms. The minimum absolute atomic E-state index is 0.425. The van der Waals surface area contributed by atoms with Crippen LogP contribution in [0.25, 0.3) is 71.1 Å². The highest BCUT2D eigenvalue weighted by atomic mass is 15.0. The highest BCUT2D eigenvalue weighted by Gasteiger charge is 2.63. The largest absolute Gasteiger partial charge is 0.305 e. The molecule has 4 aromatic heterocycles. The summed E-state index contributed by atoms with van der Waals surface area (Å²) in [6, 6.07) is 45.8. The first-order valence-electron chi connectivity index (χ1n) is 26.5. The van der Waals surface area contributed by atoms with E-state index in [-0.39, 0.29) is 0 Å². The molecule has 3 nitrogen and oxygen atoms in total. The molecule has 0 N–H and O–H groups in total. The fraction of sp³-hybridized carbons (Fsp3) is 0.323. The van der Waals surface area contributed by atoms with Crippen molar-refractivity contribution in [2.45, 2.75) is 105 Å². The molecule has 21 rings (SSSR count). The maximum absolute atomic E-state index is 6.01. The predicted octanol–water partition coefficient (Wildman–Crippen LogP) is 15.6. The molecule has 2 spiro atoms. The van der Waals surface area contributed by atoms with Gasteiger partial charge in [-0.05, 0) is 196 Å². The van der Waals surface area contributed by atoms with Gasteiger partial charge in [-0.2, -0.15) is 0 Å². The lowest BCUT2D eigenvalue weighted by molar-refractivity contribution is 0.165. The molecular weight excluding hydrogens is 823 g/mol. The monoisotopic (exact) mass is 873 g/mol. The van der Waals surface area contributed by atoms with Crippen LogP contribution in [0.2, 0.25) is 0 Å². The van der Waals surface area contributed by atoms with Crippen molar-refractivity contribution in [1.29, 1.82) is 0 Å². The van der Waals surface area contributed by atoms with E-state index in [1.165, 1.54) is 169 Å². The van der Waals surface area contributed by atoms with E-state index in [9.17, 15) is 0 Å². The summed E-state index contributed by atoms with van der Waals surface area (Å²) in [5, 5.41) is 8.86. The molecule has 0 amide bonds. The Kier molecular flexibility index (Phi) is 6.18. The lowest BCUT2D eigenvalue weighted by atomic mass is 9.67. The summed E-state index contributed by atoms with van der Waals surface area (Å²) in [7, 11) is 0. The zero-order valence-electron chi connectivity index (χ0n) is 38.4. The molecule has 0 saturated heterocycles. The number of hydrogen-bond donors (Lipinski definition) is 0. The molecule has 6 aromatic carbocycles. The van der Waals surface area contributed by atoms with Gasteiger partial charge in [-0.25, -0.2) is 0 Å². The quantitative estimate of drug-likeness (QED) is 0.152. The summed E-state index contributed by atoms with van der Waals surface area (Å²) in [4.78, 5) is 11.7. The van der Waals surface area contributed by atoms with Gasteiger partial charge in [-0.15, -0.1) is 0 Å². The maximum atomic E-state index is 6.01. The van der Waals surface area contributed by atoms with Crippen molar-refractivity contribution in [3.05, 3.63) is 184 Å². The number of benzene rings is 6. The van der Waals surface area contributed by atoms with Crippen LogP contribution in [0, 0.1) is 23.7 Å². The zero-order valence-corrected chi connectivity index (χ0v) is 38.4. The Hall–Kier alpha value is -6.32. The first-order chi connectivity index (χ1) is 33.6. The summed E-state index contributed by atoms with van der Waals surface area (Å²) < 4.78 is 2.71. The SMILES string of the molecule is c1ccc2c(c1)-c1ccccc1C21CC2(c3ccccc3-c3ccccc32)c2c1ncc1c2c2cc3cc4c(cc3c3c5c6c(ncc5n1c23)C1CC2CC(C1)CC6C2)C1CC2CC(CC4C2)C1. The van der Waals surface area contributed by atoms with Gasteiger partial charge in [-0.1, -0.05) is 103 Å². The Morgan fingerprint density at radius 1 is 0.441 bits per heavy atom. The fourth-order valence-corrected chi connectivity index (χ4v) is 19.4.